The highest BCUT2D eigenvalue weighted by atomic mass is 15.1. The second-order valence-corrected chi connectivity index (χ2v) is 5.69. The molecule has 0 bridgehead atoms. The third-order valence-electron chi connectivity index (χ3n) is 2.59. The summed E-state index contributed by atoms with van der Waals surface area (Å²) in [6.45, 7) is 8.30. The van der Waals surface area contributed by atoms with Gasteiger partial charge in [-0.1, -0.05) is 13.8 Å². The van der Waals surface area contributed by atoms with Gasteiger partial charge in [0, 0.05) is 26.2 Å². The number of rotatable bonds is 6. The van der Waals surface area contributed by atoms with Crippen LogP contribution in [0.25, 0.3) is 0 Å². The number of hydrogen-bond acceptors (Lipinski definition) is 5. The van der Waals surface area contributed by atoms with E-state index in [1.807, 2.05) is 20.0 Å². The Morgan fingerprint density at radius 2 is 1.83 bits per heavy atom. The summed E-state index contributed by atoms with van der Waals surface area (Å²) < 4.78 is 0. The predicted octanol–water partition coefficient (Wildman–Crippen LogP) is 1.83. The Morgan fingerprint density at radius 3 is 2.39 bits per heavy atom. The molecule has 0 saturated carbocycles. The SMILES string of the molecule is CNc1cc(NCC(C)(C)CN(C)C)nc(C)n1. The molecule has 0 spiro atoms. The number of nitrogens with zero attached hydrogens (tertiary/aromatic N) is 3. The van der Waals surface area contributed by atoms with E-state index in [4.69, 9.17) is 0 Å². The van der Waals surface area contributed by atoms with E-state index in [2.05, 4.69) is 53.4 Å². The molecule has 0 amide bonds. The highest BCUT2D eigenvalue weighted by Gasteiger charge is 2.18. The van der Waals surface area contributed by atoms with Crippen molar-refractivity contribution in [2.24, 2.45) is 5.41 Å². The fourth-order valence-corrected chi connectivity index (χ4v) is 2.03. The lowest BCUT2D eigenvalue weighted by Crippen LogP contribution is -2.34. The molecule has 102 valence electrons. The van der Waals surface area contributed by atoms with E-state index in [0.29, 0.717) is 0 Å². The molecule has 2 N–H and O–H groups in total. The molecule has 0 aliphatic carbocycles. The summed E-state index contributed by atoms with van der Waals surface area (Å²) in [5.74, 6) is 2.49. The van der Waals surface area contributed by atoms with Gasteiger partial charge in [-0.3, -0.25) is 0 Å². The van der Waals surface area contributed by atoms with Crippen LogP contribution in [0.15, 0.2) is 6.07 Å². The number of aryl methyl sites for hydroxylation is 1. The van der Waals surface area contributed by atoms with Gasteiger partial charge >= 0.3 is 0 Å². The third kappa shape index (κ3) is 4.87. The van der Waals surface area contributed by atoms with Gasteiger partial charge in [0.05, 0.1) is 0 Å². The molecule has 0 fully saturated rings. The zero-order chi connectivity index (χ0) is 13.8. The molecule has 5 nitrogen and oxygen atoms in total. The fourth-order valence-electron chi connectivity index (χ4n) is 2.03. The van der Waals surface area contributed by atoms with Crippen molar-refractivity contribution >= 4 is 11.6 Å². The molecule has 5 heteroatoms. The maximum Gasteiger partial charge on any atom is 0.131 e. The first kappa shape index (κ1) is 14.7. The van der Waals surface area contributed by atoms with Gasteiger partial charge in [-0.05, 0) is 26.4 Å². The number of hydrogen-bond donors (Lipinski definition) is 2. The lowest BCUT2D eigenvalue weighted by molar-refractivity contribution is 0.254. The molecule has 1 aromatic heterocycles. The van der Waals surface area contributed by atoms with Gasteiger partial charge in [0.25, 0.3) is 0 Å². The molecular formula is C13H25N5. The van der Waals surface area contributed by atoms with Gasteiger partial charge in [0.15, 0.2) is 0 Å². The van der Waals surface area contributed by atoms with E-state index in [1.165, 1.54) is 0 Å². The van der Waals surface area contributed by atoms with Crippen LogP contribution in [0.1, 0.15) is 19.7 Å². The van der Waals surface area contributed by atoms with Crippen LogP contribution in [0.2, 0.25) is 0 Å². The third-order valence-corrected chi connectivity index (χ3v) is 2.59. The Morgan fingerprint density at radius 1 is 1.22 bits per heavy atom. The minimum absolute atomic E-state index is 0.197. The van der Waals surface area contributed by atoms with Crippen LogP contribution in [-0.2, 0) is 0 Å². The molecule has 0 saturated heterocycles. The molecular weight excluding hydrogens is 226 g/mol. The smallest absolute Gasteiger partial charge is 0.131 e. The lowest BCUT2D eigenvalue weighted by atomic mass is 9.93. The molecule has 0 aromatic carbocycles. The molecule has 0 unspecified atom stereocenters. The van der Waals surface area contributed by atoms with Crippen LogP contribution in [0.4, 0.5) is 11.6 Å². The molecule has 0 aliphatic heterocycles. The Kier molecular flexibility index (Phi) is 4.90. The molecule has 18 heavy (non-hydrogen) atoms. The minimum Gasteiger partial charge on any atom is -0.373 e. The molecule has 1 rings (SSSR count). The zero-order valence-electron chi connectivity index (χ0n) is 12.3. The van der Waals surface area contributed by atoms with E-state index >= 15 is 0 Å². The maximum absolute atomic E-state index is 4.39. The summed E-state index contributed by atoms with van der Waals surface area (Å²) in [7, 11) is 6.05. The lowest BCUT2D eigenvalue weighted by Gasteiger charge is -2.28. The van der Waals surface area contributed by atoms with E-state index in [0.717, 1.165) is 30.5 Å². The molecule has 1 heterocycles. The summed E-state index contributed by atoms with van der Waals surface area (Å²) in [5.41, 5.74) is 0.197. The molecule has 0 atom stereocenters. The summed E-state index contributed by atoms with van der Waals surface area (Å²) in [6.07, 6.45) is 0. The Labute approximate surface area is 110 Å². The van der Waals surface area contributed by atoms with Crippen LogP contribution in [0.3, 0.4) is 0 Å². The van der Waals surface area contributed by atoms with Gasteiger partial charge in [-0.15, -0.1) is 0 Å². The van der Waals surface area contributed by atoms with Crippen LogP contribution in [0, 0.1) is 12.3 Å². The van der Waals surface area contributed by atoms with E-state index in [1.54, 1.807) is 0 Å². The van der Waals surface area contributed by atoms with E-state index in [9.17, 15) is 0 Å². The van der Waals surface area contributed by atoms with Crippen molar-refractivity contribution in [1.29, 1.82) is 0 Å². The van der Waals surface area contributed by atoms with Gasteiger partial charge in [-0.25, -0.2) is 9.97 Å². The summed E-state index contributed by atoms with van der Waals surface area (Å²) in [4.78, 5) is 10.9. The monoisotopic (exact) mass is 251 g/mol. The summed E-state index contributed by atoms with van der Waals surface area (Å²) in [6, 6.07) is 1.93. The summed E-state index contributed by atoms with van der Waals surface area (Å²) >= 11 is 0. The van der Waals surface area contributed by atoms with Crippen molar-refractivity contribution in [3.8, 4) is 0 Å². The van der Waals surface area contributed by atoms with Crippen LogP contribution >= 0.6 is 0 Å². The van der Waals surface area contributed by atoms with Crippen LogP contribution in [0.5, 0.6) is 0 Å². The fraction of sp³-hybridized carbons (Fsp3) is 0.692. The Bertz CT molecular complexity index is 387. The van der Waals surface area contributed by atoms with Crippen molar-refractivity contribution in [1.82, 2.24) is 14.9 Å². The van der Waals surface area contributed by atoms with Crippen LogP contribution < -0.4 is 10.6 Å². The second-order valence-electron chi connectivity index (χ2n) is 5.69. The second kappa shape index (κ2) is 6.00. The van der Waals surface area contributed by atoms with Crippen molar-refractivity contribution in [2.45, 2.75) is 20.8 Å². The average Bonchev–Trinajstić information content (AvgIpc) is 2.24. The minimum atomic E-state index is 0.197. The predicted molar refractivity (Wildman–Crippen MR) is 77.1 cm³/mol. The molecule has 0 aliphatic rings. The largest absolute Gasteiger partial charge is 0.373 e. The van der Waals surface area contributed by atoms with E-state index < -0.39 is 0 Å². The zero-order valence-corrected chi connectivity index (χ0v) is 12.3. The molecule has 0 radical (unpaired) electrons. The Hall–Kier alpha value is -1.36. The van der Waals surface area contributed by atoms with Crippen molar-refractivity contribution < 1.29 is 0 Å². The standard InChI is InChI=1S/C13H25N5/c1-10-16-11(14-4)7-12(17-10)15-8-13(2,3)9-18(5)6/h7H,8-9H2,1-6H3,(H2,14,15,16,17). The first-order chi connectivity index (χ1) is 8.32. The first-order valence-electron chi connectivity index (χ1n) is 6.24. The quantitative estimate of drug-likeness (QED) is 0.808. The number of anilines is 2. The van der Waals surface area contributed by atoms with Crippen molar-refractivity contribution in [3.63, 3.8) is 0 Å². The molecule has 1 aromatic rings. The average molecular weight is 251 g/mol. The van der Waals surface area contributed by atoms with Gasteiger partial charge in [-0.2, -0.15) is 0 Å². The first-order valence-corrected chi connectivity index (χ1v) is 6.24. The Balaban J connectivity index is 2.65. The maximum atomic E-state index is 4.39. The highest BCUT2D eigenvalue weighted by Crippen LogP contribution is 2.18. The van der Waals surface area contributed by atoms with Crippen LogP contribution in [-0.4, -0.2) is 49.1 Å². The number of nitrogens with one attached hydrogen (secondary N) is 2. The summed E-state index contributed by atoms with van der Waals surface area (Å²) in [5, 5.41) is 6.43. The highest BCUT2D eigenvalue weighted by molar-refractivity contribution is 5.47. The topological polar surface area (TPSA) is 53.1 Å². The normalized spacial score (nSPS) is 11.7. The van der Waals surface area contributed by atoms with Crippen molar-refractivity contribution in [2.75, 3.05) is 44.9 Å². The van der Waals surface area contributed by atoms with Gasteiger partial charge < -0.3 is 15.5 Å². The van der Waals surface area contributed by atoms with Crippen molar-refractivity contribution in [3.05, 3.63) is 11.9 Å². The van der Waals surface area contributed by atoms with E-state index in [-0.39, 0.29) is 5.41 Å². The van der Waals surface area contributed by atoms with Gasteiger partial charge in [0.1, 0.15) is 17.5 Å². The van der Waals surface area contributed by atoms with Gasteiger partial charge in [0.2, 0.25) is 0 Å². The number of aromatic nitrogens is 2.